The lowest BCUT2D eigenvalue weighted by molar-refractivity contribution is 0.0582. The number of benzene rings is 3. The van der Waals surface area contributed by atoms with Crippen molar-refractivity contribution < 1.29 is 14.3 Å². The number of methoxy groups -OCH3 is 1. The Hall–Kier alpha value is -3.99. The minimum Gasteiger partial charge on any atom is -0.464 e. The Kier molecular flexibility index (Phi) is 5.26. The Balaban J connectivity index is 2.19. The fourth-order valence-electron chi connectivity index (χ4n) is 3.96. The third-order valence-electron chi connectivity index (χ3n) is 5.22. The molecule has 4 rings (SSSR count). The van der Waals surface area contributed by atoms with Crippen LogP contribution in [-0.4, -0.2) is 28.9 Å². The summed E-state index contributed by atoms with van der Waals surface area (Å²) in [6.07, 6.45) is 2.11. The fourth-order valence-corrected chi connectivity index (χ4v) is 3.96. The minimum atomic E-state index is -0.943. The molecule has 5 heteroatoms. The highest BCUT2D eigenvalue weighted by molar-refractivity contribution is 5.96. The van der Waals surface area contributed by atoms with E-state index in [0.29, 0.717) is 6.29 Å². The summed E-state index contributed by atoms with van der Waals surface area (Å²) in [6.45, 7) is 0. The van der Waals surface area contributed by atoms with E-state index >= 15 is 0 Å². The van der Waals surface area contributed by atoms with Crippen LogP contribution in [0.4, 0.5) is 0 Å². The van der Waals surface area contributed by atoms with Crippen molar-refractivity contribution in [3.63, 3.8) is 0 Å². The predicted octanol–water partition coefficient (Wildman–Crippen LogP) is 4.32. The van der Waals surface area contributed by atoms with Crippen molar-refractivity contribution >= 4 is 12.3 Å². The van der Waals surface area contributed by atoms with Crippen LogP contribution >= 0.6 is 0 Å². The van der Waals surface area contributed by atoms with Crippen molar-refractivity contribution in [1.82, 2.24) is 9.55 Å². The van der Waals surface area contributed by atoms with Gasteiger partial charge in [-0.2, -0.15) is 0 Å². The first kappa shape index (κ1) is 19.3. The molecule has 0 saturated heterocycles. The van der Waals surface area contributed by atoms with Gasteiger partial charge in [-0.1, -0.05) is 91.0 Å². The highest BCUT2D eigenvalue weighted by Gasteiger charge is 2.41. The van der Waals surface area contributed by atoms with Crippen LogP contribution in [0.1, 0.15) is 37.7 Å². The van der Waals surface area contributed by atoms with Crippen molar-refractivity contribution in [2.45, 2.75) is 5.54 Å². The molecule has 5 nitrogen and oxygen atoms in total. The van der Waals surface area contributed by atoms with Gasteiger partial charge in [0, 0.05) is 0 Å². The number of hydrogen-bond donors (Lipinski definition) is 0. The maximum atomic E-state index is 12.8. The molecule has 4 aromatic rings. The summed E-state index contributed by atoms with van der Waals surface area (Å²) in [5.74, 6) is -0.623. The molecule has 0 saturated carbocycles. The molecule has 30 heavy (non-hydrogen) atoms. The second-order valence-corrected chi connectivity index (χ2v) is 6.77. The van der Waals surface area contributed by atoms with Crippen LogP contribution in [0.25, 0.3) is 0 Å². The molecule has 1 aromatic heterocycles. The summed E-state index contributed by atoms with van der Waals surface area (Å²) >= 11 is 0. The molecule has 3 aromatic carbocycles. The quantitative estimate of drug-likeness (QED) is 0.277. The number of esters is 1. The number of carbonyl (C=O) groups is 2. The van der Waals surface area contributed by atoms with Crippen LogP contribution in [0.2, 0.25) is 0 Å². The molecule has 0 N–H and O–H groups in total. The number of ether oxygens (including phenoxy) is 1. The Morgan fingerprint density at radius 3 is 1.63 bits per heavy atom. The molecule has 0 aliphatic heterocycles. The molecule has 0 atom stereocenters. The van der Waals surface area contributed by atoms with Crippen molar-refractivity contribution in [2.24, 2.45) is 0 Å². The second kappa shape index (κ2) is 8.17. The summed E-state index contributed by atoms with van der Waals surface area (Å²) in [7, 11) is 1.30. The van der Waals surface area contributed by atoms with Crippen LogP contribution in [0.15, 0.2) is 97.3 Å². The molecular weight excluding hydrogens is 376 g/mol. The standard InChI is InChI=1S/C25H20N2O3/c1-30-24(29)23-22(17-28)26-18-27(23)25(19-11-5-2-6-12-19,20-13-7-3-8-14-20)21-15-9-4-10-16-21/h2-18H,1H3. The van der Waals surface area contributed by atoms with E-state index in [2.05, 4.69) is 4.98 Å². The van der Waals surface area contributed by atoms with Gasteiger partial charge in [-0.25, -0.2) is 9.78 Å². The third-order valence-corrected chi connectivity index (χ3v) is 5.22. The normalized spacial score (nSPS) is 11.1. The zero-order valence-electron chi connectivity index (χ0n) is 16.4. The first-order valence-electron chi connectivity index (χ1n) is 9.51. The van der Waals surface area contributed by atoms with Gasteiger partial charge in [0.15, 0.2) is 12.0 Å². The Morgan fingerprint density at radius 2 is 1.27 bits per heavy atom. The molecule has 0 unspecified atom stereocenters. The maximum absolute atomic E-state index is 12.8. The van der Waals surface area contributed by atoms with E-state index in [-0.39, 0.29) is 11.4 Å². The van der Waals surface area contributed by atoms with Gasteiger partial charge in [0.05, 0.1) is 13.4 Å². The van der Waals surface area contributed by atoms with E-state index < -0.39 is 11.5 Å². The molecule has 0 fully saturated rings. The number of imidazole rings is 1. The number of hydrogen-bond acceptors (Lipinski definition) is 4. The smallest absolute Gasteiger partial charge is 0.357 e. The van der Waals surface area contributed by atoms with E-state index in [1.165, 1.54) is 13.4 Å². The molecule has 0 aliphatic carbocycles. The number of rotatable bonds is 6. The summed E-state index contributed by atoms with van der Waals surface area (Å²) in [5, 5.41) is 0. The lowest BCUT2D eigenvalue weighted by atomic mass is 9.76. The minimum absolute atomic E-state index is 0.0361. The predicted molar refractivity (Wildman–Crippen MR) is 114 cm³/mol. The number of aromatic nitrogens is 2. The van der Waals surface area contributed by atoms with Gasteiger partial charge in [0.25, 0.3) is 0 Å². The molecule has 0 amide bonds. The average molecular weight is 396 g/mol. The van der Waals surface area contributed by atoms with E-state index in [4.69, 9.17) is 4.74 Å². The Labute approximate surface area is 174 Å². The number of carbonyl (C=O) groups excluding carboxylic acids is 2. The second-order valence-electron chi connectivity index (χ2n) is 6.77. The zero-order chi connectivity index (χ0) is 21.0. The van der Waals surface area contributed by atoms with E-state index in [0.717, 1.165) is 16.7 Å². The zero-order valence-corrected chi connectivity index (χ0v) is 16.4. The highest BCUT2D eigenvalue weighted by Crippen LogP contribution is 2.41. The molecule has 1 heterocycles. The van der Waals surface area contributed by atoms with Crippen LogP contribution in [0.3, 0.4) is 0 Å². The summed E-state index contributed by atoms with van der Waals surface area (Å²) < 4.78 is 6.76. The summed E-state index contributed by atoms with van der Waals surface area (Å²) in [4.78, 5) is 28.7. The van der Waals surface area contributed by atoms with E-state index in [9.17, 15) is 9.59 Å². The molecule has 0 radical (unpaired) electrons. The average Bonchev–Trinajstić information content (AvgIpc) is 3.26. The van der Waals surface area contributed by atoms with Crippen LogP contribution in [-0.2, 0) is 10.3 Å². The lowest BCUT2D eigenvalue weighted by Crippen LogP contribution is -2.39. The maximum Gasteiger partial charge on any atom is 0.357 e. The van der Waals surface area contributed by atoms with Gasteiger partial charge in [-0.15, -0.1) is 0 Å². The van der Waals surface area contributed by atoms with Crippen molar-refractivity contribution in [1.29, 1.82) is 0 Å². The molecule has 0 aliphatic rings. The van der Waals surface area contributed by atoms with Gasteiger partial charge >= 0.3 is 5.97 Å². The number of aldehydes is 1. The topological polar surface area (TPSA) is 61.2 Å². The third kappa shape index (κ3) is 3.01. The van der Waals surface area contributed by atoms with Gasteiger partial charge in [0.2, 0.25) is 0 Å². The van der Waals surface area contributed by atoms with Crippen molar-refractivity contribution in [3.8, 4) is 0 Å². The Morgan fingerprint density at radius 1 is 0.833 bits per heavy atom. The van der Waals surface area contributed by atoms with Crippen LogP contribution in [0.5, 0.6) is 0 Å². The van der Waals surface area contributed by atoms with Gasteiger partial charge in [0.1, 0.15) is 11.2 Å². The van der Waals surface area contributed by atoms with Crippen LogP contribution < -0.4 is 0 Å². The highest BCUT2D eigenvalue weighted by atomic mass is 16.5. The summed E-state index contributed by atoms with van der Waals surface area (Å²) in [6, 6.07) is 29.5. The van der Waals surface area contributed by atoms with Gasteiger partial charge in [-0.05, 0) is 16.7 Å². The SMILES string of the molecule is COC(=O)c1c(C=O)ncn1C(c1ccccc1)(c1ccccc1)c1ccccc1. The van der Waals surface area contributed by atoms with E-state index in [1.807, 2.05) is 91.0 Å². The van der Waals surface area contributed by atoms with Crippen molar-refractivity contribution in [3.05, 3.63) is 125 Å². The molecule has 148 valence electrons. The van der Waals surface area contributed by atoms with E-state index in [1.54, 1.807) is 4.57 Å². The Bertz CT molecular complexity index is 1060. The summed E-state index contributed by atoms with van der Waals surface area (Å²) in [5.41, 5.74) is 1.95. The first-order valence-corrected chi connectivity index (χ1v) is 9.51. The van der Waals surface area contributed by atoms with Crippen LogP contribution in [0, 0.1) is 0 Å². The first-order chi connectivity index (χ1) is 14.7. The largest absolute Gasteiger partial charge is 0.464 e. The van der Waals surface area contributed by atoms with Gasteiger partial charge in [-0.3, -0.25) is 4.79 Å². The number of nitrogens with zero attached hydrogens (tertiary/aromatic N) is 2. The lowest BCUT2D eigenvalue weighted by Gasteiger charge is -2.38. The molecule has 0 spiro atoms. The van der Waals surface area contributed by atoms with Gasteiger partial charge < -0.3 is 9.30 Å². The fraction of sp³-hybridized carbons (Fsp3) is 0.0800. The molecule has 0 bridgehead atoms. The van der Waals surface area contributed by atoms with Crippen molar-refractivity contribution in [2.75, 3.05) is 7.11 Å². The molecular formula is C25H20N2O3. The monoisotopic (exact) mass is 396 g/mol.